The quantitative estimate of drug-likeness (QED) is 0.379. The van der Waals surface area contributed by atoms with E-state index in [1.165, 1.54) is 24.3 Å². The molecule has 2 fully saturated rings. The molecule has 1 saturated carbocycles. The van der Waals surface area contributed by atoms with E-state index in [2.05, 4.69) is 10.1 Å². The van der Waals surface area contributed by atoms with Gasteiger partial charge in [-0.1, -0.05) is 18.2 Å². The highest BCUT2D eigenvalue weighted by atomic mass is 32.3. The highest BCUT2D eigenvalue weighted by Crippen LogP contribution is 2.53. The van der Waals surface area contributed by atoms with Gasteiger partial charge in [0.05, 0.1) is 29.1 Å². The molecule has 9 nitrogen and oxygen atoms in total. The number of anilines is 1. The summed E-state index contributed by atoms with van der Waals surface area (Å²) in [5.74, 6) is -1.57. The van der Waals surface area contributed by atoms with Gasteiger partial charge in [-0.05, 0) is 54.7 Å². The number of hydrogen-bond donors (Lipinski definition) is 4. The molecule has 0 spiro atoms. The first-order valence-corrected chi connectivity index (χ1v) is 14.4. The van der Waals surface area contributed by atoms with Crippen molar-refractivity contribution in [3.05, 3.63) is 53.6 Å². The number of hydrogen-bond acceptors (Lipinski definition) is 7. The normalized spacial score (nSPS) is 22.5. The third kappa shape index (κ3) is 6.67. The molecule has 1 aliphatic carbocycles. The Balaban J connectivity index is 1.43. The van der Waals surface area contributed by atoms with Crippen LogP contribution in [0.5, 0.6) is 5.75 Å². The van der Waals surface area contributed by atoms with Crippen LogP contribution in [0.25, 0.3) is 0 Å². The van der Waals surface area contributed by atoms with Gasteiger partial charge in [-0.25, -0.2) is 0 Å². The number of β-amino-alcohol motifs (C(OH)–C–C–N with tert-alkyl or cyclic N) is 1. The van der Waals surface area contributed by atoms with Crippen LogP contribution in [0.3, 0.4) is 0 Å². The van der Waals surface area contributed by atoms with Gasteiger partial charge in [0.2, 0.25) is 11.8 Å². The topological polar surface area (TPSA) is 123 Å². The average molecular weight is 570 g/mol. The molecule has 5 rings (SSSR count). The number of benzene rings is 2. The number of rotatable bonds is 8. The van der Waals surface area contributed by atoms with Crippen molar-refractivity contribution < 1.29 is 41.7 Å². The minimum Gasteiger partial charge on any atom is -0.406 e. The van der Waals surface area contributed by atoms with E-state index in [0.29, 0.717) is 37.2 Å². The molecule has 13 heteroatoms. The number of amides is 2. The predicted octanol–water partition coefficient (Wildman–Crippen LogP) is 3.99. The molecule has 1 saturated heterocycles. The summed E-state index contributed by atoms with van der Waals surface area (Å²) in [6.45, 7) is 1.33. The highest BCUT2D eigenvalue weighted by Gasteiger charge is 2.40. The fourth-order valence-electron chi connectivity index (χ4n) is 5.26. The lowest BCUT2D eigenvalue weighted by Gasteiger charge is -2.37. The van der Waals surface area contributed by atoms with Crippen molar-refractivity contribution in [3.8, 4) is 5.75 Å². The predicted molar refractivity (Wildman–Crippen MR) is 138 cm³/mol. The molecule has 212 valence electrons. The largest absolute Gasteiger partial charge is 0.573 e. The Morgan fingerprint density at radius 2 is 1.95 bits per heavy atom. The van der Waals surface area contributed by atoms with Crippen molar-refractivity contribution in [3.63, 3.8) is 0 Å². The number of fused-ring (bicyclic) bond motifs is 1. The number of halogens is 3. The van der Waals surface area contributed by atoms with Crippen molar-refractivity contribution in [2.24, 2.45) is 0 Å². The van der Waals surface area contributed by atoms with E-state index >= 15 is 0 Å². The van der Waals surface area contributed by atoms with Gasteiger partial charge in [-0.3, -0.25) is 23.6 Å². The maximum absolute atomic E-state index is 13.8. The lowest BCUT2D eigenvalue weighted by molar-refractivity contribution is -0.274. The van der Waals surface area contributed by atoms with Crippen LogP contribution in [-0.4, -0.2) is 79.7 Å². The zero-order chi connectivity index (χ0) is 27.9. The van der Waals surface area contributed by atoms with Crippen LogP contribution in [0.4, 0.5) is 18.9 Å². The zero-order valence-electron chi connectivity index (χ0n) is 20.9. The molecular formula is C26H30F3N3O6S. The SMILES string of the molecule is O=C1CS(O)(O)c2ccc(CC(=O)N(C3CC3)[C@H](CN3CCC(O)C3)c3cccc(OC(F)(F)F)c3)cc2N1. The number of alkyl halides is 3. The summed E-state index contributed by atoms with van der Waals surface area (Å²) in [7, 11) is -3.27. The van der Waals surface area contributed by atoms with Gasteiger partial charge in [0.25, 0.3) is 0 Å². The third-order valence-corrected chi connectivity index (χ3v) is 8.80. The van der Waals surface area contributed by atoms with Crippen LogP contribution in [0.1, 0.15) is 36.4 Å². The first kappa shape index (κ1) is 27.7. The number of carbonyl (C=O) groups excluding carboxylic acids is 2. The Morgan fingerprint density at radius 1 is 1.18 bits per heavy atom. The Hall–Kier alpha value is -2.84. The first-order valence-electron chi connectivity index (χ1n) is 12.6. The maximum atomic E-state index is 13.8. The van der Waals surface area contributed by atoms with Gasteiger partial charge in [-0.15, -0.1) is 13.2 Å². The van der Waals surface area contributed by atoms with E-state index in [1.807, 2.05) is 4.90 Å². The second-order valence-corrected chi connectivity index (χ2v) is 12.3. The molecule has 39 heavy (non-hydrogen) atoms. The zero-order valence-corrected chi connectivity index (χ0v) is 21.7. The van der Waals surface area contributed by atoms with E-state index in [9.17, 15) is 37.0 Å². The van der Waals surface area contributed by atoms with Crippen molar-refractivity contribution in [2.45, 2.75) is 55.1 Å². The number of nitrogens with zero attached hydrogens (tertiary/aromatic N) is 2. The average Bonchev–Trinajstić information content (AvgIpc) is 3.57. The summed E-state index contributed by atoms with van der Waals surface area (Å²) in [6, 6.07) is 9.61. The van der Waals surface area contributed by atoms with Crippen LogP contribution in [0, 0.1) is 0 Å². The Labute approximate surface area is 224 Å². The fraction of sp³-hybridized carbons (Fsp3) is 0.462. The maximum Gasteiger partial charge on any atom is 0.573 e. The summed E-state index contributed by atoms with van der Waals surface area (Å²) in [6.07, 6.45) is -3.34. The van der Waals surface area contributed by atoms with E-state index < -0.39 is 40.8 Å². The number of aliphatic hydroxyl groups excluding tert-OH is 1. The van der Waals surface area contributed by atoms with Crippen molar-refractivity contribution in [1.29, 1.82) is 0 Å². The molecule has 0 aromatic heterocycles. The minimum atomic E-state index is -4.86. The molecule has 4 N–H and O–H groups in total. The number of aliphatic hydroxyl groups is 1. The fourth-order valence-corrected chi connectivity index (χ4v) is 6.60. The lowest BCUT2D eigenvalue weighted by Crippen LogP contribution is -2.43. The second kappa shape index (κ2) is 10.6. The first-order chi connectivity index (χ1) is 18.4. The molecule has 2 atom stereocenters. The number of nitrogens with one attached hydrogen (secondary N) is 1. The van der Waals surface area contributed by atoms with Crippen molar-refractivity contribution in [1.82, 2.24) is 9.80 Å². The van der Waals surface area contributed by atoms with E-state index in [0.717, 1.165) is 12.8 Å². The molecule has 0 bridgehead atoms. The van der Waals surface area contributed by atoms with Gasteiger partial charge in [0, 0.05) is 25.7 Å². The van der Waals surface area contributed by atoms with E-state index in [4.69, 9.17) is 0 Å². The number of carbonyl (C=O) groups is 2. The van der Waals surface area contributed by atoms with Crippen molar-refractivity contribution >= 4 is 28.1 Å². The second-order valence-electron chi connectivity index (χ2n) is 10.2. The third-order valence-electron chi connectivity index (χ3n) is 7.08. The Bertz CT molecular complexity index is 1260. The molecule has 0 radical (unpaired) electrons. The van der Waals surface area contributed by atoms with Gasteiger partial charge in [-0.2, -0.15) is 10.6 Å². The minimum absolute atomic E-state index is 0.0588. The summed E-state index contributed by atoms with van der Waals surface area (Å²) in [4.78, 5) is 29.6. The van der Waals surface area contributed by atoms with Gasteiger partial charge < -0.3 is 20.1 Å². The number of ether oxygens (including phenoxy) is 1. The monoisotopic (exact) mass is 569 g/mol. The molecule has 2 aliphatic heterocycles. The standard InChI is InChI=1S/C26H30F3N3O6S/c27-26(28,29)38-20-3-1-2-17(12-20)22(14-31-9-8-19(33)13-31)32(18-5-6-18)25(35)11-16-4-7-23-21(10-16)30-24(34)15-39(23,36)37/h1-4,7,10,12,18-19,22,33,36-37H,5-6,8-9,11,13-15H2,(H,30,34)/t19?,22-/m1/s1. The van der Waals surface area contributed by atoms with Gasteiger partial charge >= 0.3 is 6.36 Å². The molecule has 3 aliphatic rings. The number of likely N-dealkylation sites (tertiary alicyclic amines) is 1. The van der Waals surface area contributed by atoms with Crippen LogP contribution in [-0.2, 0) is 16.0 Å². The van der Waals surface area contributed by atoms with Crippen LogP contribution in [0.15, 0.2) is 47.4 Å². The molecule has 1 unspecified atom stereocenters. The van der Waals surface area contributed by atoms with Crippen LogP contribution in [0.2, 0.25) is 0 Å². The Kier molecular flexibility index (Phi) is 7.55. The molecule has 2 aromatic rings. The summed E-state index contributed by atoms with van der Waals surface area (Å²) in [5, 5.41) is 12.7. The molecular weight excluding hydrogens is 539 g/mol. The van der Waals surface area contributed by atoms with E-state index in [1.54, 1.807) is 23.1 Å². The highest BCUT2D eigenvalue weighted by molar-refractivity contribution is 8.25. The molecule has 2 heterocycles. The molecule has 2 aromatic carbocycles. The van der Waals surface area contributed by atoms with Gasteiger partial charge in [0.15, 0.2) is 0 Å². The van der Waals surface area contributed by atoms with E-state index in [-0.39, 0.29) is 34.7 Å². The smallest absolute Gasteiger partial charge is 0.406 e. The molecule has 2 amide bonds. The lowest BCUT2D eigenvalue weighted by atomic mass is 10.0. The summed E-state index contributed by atoms with van der Waals surface area (Å²) in [5.41, 5.74) is 1.28. The van der Waals surface area contributed by atoms with Gasteiger partial charge in [0.1, 0.15) is 11.5 Å². The summed E-state index contributed by atoms with van der Waals surface area (Å²) >= 11 is 0. The Morgan fingerprint density at radius 3 is 2.62 bits per heavy atom. The van der Waals surface area contributed by atoms with Crippen LogP contribution >= 0.6 is 10.6 Å². The summed E-state index contributed by atoms with van der Waals surface area (Å²) < 4.78 is 63.5. The van der Waals surface area contributed by atoms with Crippen LogP contribution < -0.4 is 10.1 Å². The van der Waals surface area contributed by atoms with Crippen molar-refractivity contribution in [2.75, 3.05) is 30.7 Å².